The lowest BCUT2D eigenvalue weighted by atomic mass is 9.94. The molecule has 0 saturated heterocycles. The zero-order valence-corrected chi connectivity index (χ0v) is 15.9. The van der Waals surface area contributed by atoms with Gasteiger partial charge in [-0.3, -0.25) is 4.79 Å². The average Bonchev–Trinajstić information content (AvgIpc) is 3.49. The minimum absolute atomic E-state index is 0.329. The van der Waals surface area contributed by atoms with Crippen molar-refractivity contribution >= 4 is 15.9 Å². The standard InChI is InChI=1S/C18H14F4N4O3S/c19-12-3-6-14-10(9-12)7-8-23-15(14)16(27)24-30(28,29)13-4-1-11(2-5-13)17(25-26-17)18(20,21)22/h1-6,9,15,23H,7-8H2,(H,24,27)/t15-/m0/s1. The fraction of sp³-hybridized carbons (Fsp3) is 0.278. The van der Waals surface area contributed by atoms with E-state index in [1.807, 2.05) is 4.72 Å². The van der Waals surface area contributed by atoms with Gasteiger partial charge in [0.2, 0.25) is 0 Å². The van der Waals surface area contributed by atoms with Gasteiger partial charge in [-0.2, -0.15) is 13.2 Å². The summed E-state index contributed by atoms with van der Waals surface area (Å²) in [5, 5.41) is 8.97. The van der Waals surface area contributed by atoms with E-state index in [9.17, 15) is 30.8 Å². The molecule has 2 aromatic carbocycles. The van der Waals surface area contributed by atoms with Crippen LogP contribution in [0.3, 0.4) is 0 Å². The number of amides is 1. The molecule has 0 aliphatic carbocycles. The molecule has 0 saturated carbocycles. The maximum atomic E-state index is 13.4. The molecule has 2 aliphatic heterocycles. The Morgan fingerprint density at radius 2 is 1.80 bits per heavy atom. The highest BCUT2D eigenvalue weighted by atomic mass is 32.2. The fourth-order valence-corrected chi connectivity index (χ4v) is 4.32. The lowest BCUT2D eigenvalue weighted by Gasteiger charge is -2.26. The van der Waals surface area contributed by atoms with Crippen LogP contribution in [0.2, 0.25) is 0 Å². The number of hydrogen-bond donors (Lipinski definition) is 2. The molecule has 2 heterocycles. The number of hydrogen-bond acceptors (Lipinski definition) is 6. The molecule has 2 aliphatic rings. The van der Waals surface area contributed by atoms with Crippen molar-refractivity contribution in [1.29, 1.82) is 0 Å². The van der Waals surface area contributed by atoms with Gasteiger partial charge in [0.05, 0.1) is 4.90 Å². The van der Waals surface area contributed by atoms with Gasteiger partial charge < -0.3 is 5.32 Å². The number of fused-ring (bicyclic) bond motifs is 1. The summed E-state index contributed by atoms with van der Waals surface area (Å²) in [7, 11) is -4.35. The number of carbonyl (C=O) groups excluding carboxylic acids is 1. The zero-order chi connectivity index (χ0) is 21.7. The van der Waals surface area contributed by atoms with Crippen LogP contribution in [0.1, 0.15) is 22.7 Å². The molecule has 1 amide bonds. The first kappa shape index (κ1) is 20.4. The topological polar surface area (TPSA) is 100.0 Å². The monoisotopic (exact) mass is 442 g/mol. The molecule has 4 rings (SSSR count). The van der Waals surface area contributed by atoms with Crippen molar-refractivity contribution < 1.29 is 30.8 Å². The molecule has 2 aromatic rings. The van der Waals surface area contributed by atoms with Crippen molar-refractivity contribution in [2.75, 3.05) is 6.54 Å². The maximum Gasteiger partial charge on any atom is 0.442 e. The Morgan fingerprint density at radius 1 is 1.13 bits per heavy atom. The van der Waals surface area contributed by atoms with Crippen LogP contribution in [0, 0.1) is 5.82 Å². The second-order valence-electron chi connectivity index (χ2n) is 6.84. The van der Waals surface area contributed by atoms with E-state index >= 15 is 0 Å². The largest absolute Gasteiger partial charge is 0.442 e. The molecule has 7 nitrogen and oxygen atoms in total. The van der Waals surface area contributed by atoms with Gasteiger partial charge in [-0.15, -0.1) is 10.2 Å². The Hall–Kier alpha value is -2.86. The highest BCUT2D eigenvalue weighted by Gasteiger charge is 2.65. The normalized spacial score (nSPS) is 19.8. The van der Waals surface area contributed by atoms with Gasteiger partial charge in [-0.1, -0.05) is 18.2 Å². The van der Waals surface area contributed by atoms with Crippen LogP contribution in [0.25, 0.3) is 0 Å². The molecule has 1 atom stereocenters. The number of sulfonamides is 1. The first-order valence-electron chi connectivity index (χ1n) is 8.73. The maximum absolute atomic E-state index is 13.4. The molecule has 158 valence electrons. The smallest absolute Gasteiger partial charge is 0.302 e. The highest BCUT2D eigenvalue weighted by molar-refractivity contribution is 7.90. The second-order valence-corrected chi connectivity index (χ2v) is 8.53. The second kappa shape index (κ2) is 6.84. The van der Waals surface area contributed by atoms with Crippen LogP contribution >= 0.6 is 0 Å². The number of halogens is 4. The quantitative estimate of drug-likeness (QED) is 0.712. The lowest BCUT2D eigenvalue weighted by molar-refractivity contribution is -0.166. The Labute approximate surface area is 168 Å². The number of rotatable bonds is 4. The highest BCUT2D eigenvalue weighted by Crippen LogP contribution is 2.52. The summed E-state index contributed by atoms with van der Waals surface area (Å²) >= 11 is 0. The molecular weight excluding hydrogens is 428 g/mol. The van der Waals surface area contributed by atoms with Gasteiger partial charge in [0, 0.05) is 12.1 Å². The van der Waals surface area contributed by atoms with E-state index in [-0.39, 0.29) is 5.56 Å². The summed E-state index contributed by atoms with van der Waals surface area (Å²) in [6, 6.07) is 6.63. The van der Waals surface area contributed by atoms with E-state index in [4.69, 9.17) is 0 Å². The summed E-state index contributed by atoms with van der Waals surface area (Å²) in [6.45, 7) is 0.343. The fourth-order valence-electron chi connectivity index (χ4n) is 3.33. The molecule has 2 N–H and O–H groups in total. The predicted molar refractivity (Wildman–Crippen MR) is 95.2 cm³/mol. The van der Waals surface area contributed by atoms with Gasteiger partial charge in [0.25, 0.3) is 15.9 Å². The Kier molecular flexibility index (Phi) is 4.66. The number of carbonyl (C=O) groups is 1. The van der Waals surface area contributed by atoms with E-state index < -0.39 is 44.5 Å². The van der Waals surface area contributed by atoms with Crippen molar-refractivity contribution in [2.24, 2.45) is 10.2 Å². The van der Waals surface area contributed by atoms with Crippen molar-refractivity contribution in [2.45, 2.75) is 29.2 Å². The van der Waals surface area contributed by atoms with Crippen molar-refractivity contribution in [3.05, 3.63) is 65.0 Å². The third kappa shape index (κ3) is 3.45. The Morgan fingerprint density at radius 3 is 2.40 bits per heavy atom. The molecule has 12 heteroatoms. The molecular formula is C18H14F4N4O3S. The van der Waals surface area contributed by atoms with Gasteiger partial charge >= 0.3 is 11.8 Å². The van der Waals surface area contributed by atoms with Gasteiger partial charge in [-0.25, -0.2) is 17.5 Å². The molecule has 0 spiro atoms. The van der Waals surface area contributed by atoms with E-state index in [1.165, 1.54) is 18.2 Å². The first-order chi connectivity index (χ1) is 14.0. The van der Waals surface area contributed by atoms with Crippen molar-refractivity contribution in [1.82, 2.24) is 10.0 Å². The van der Waals surface area contributed by atoms with Crippen LogP contribution in [0.5, 0.6) is 0 Å². The number of benzene rings is 2. The number of nitrogens with one attached hydrogen (secondary N) is 2. The Balaban J connectivity index is 1.54. The average molecular weight is 442 g/mol. The molecule has 0 radical (unpaired) electrons. The van der Waals surface area contributed by atoms with Crippen LogP contribution in [-0.4, -0.2) is 27.0 Å². The number of alkyl halides is 3. The predicted octanol–water partition coefficient (Wildman–Crippen LogP) is 2.70. The summed E-state index contributed by atoms with van der Waals surface area (Å²) in [5.74, 6) is -1.35. The minimum Gasteiger partial charge on any atom is -0.302 e. The van der Waals surface area contributed by atoms with Gasteiger partial charge in [0.1, 0.15) is 11.9 Å². The Bertz CT molecular complexity index is 1140. The first-order valence-corrected chi connectivity index (χ1v) is 10.2. The van der Waals surface area contributed by atoms with Gasteiger partial charge in [0.15, 0.2) is 0 Å². The summed E-state index contributed by atoms with van der Waals surface area (Å²) in [5.41, 5.74) is -1.95. The molecule has 0 fully saturated rings. The molecule has 0 bridgehead atoms. The van der Waals surface area contributed by atoms with E-state index in [0.717, 1.165) is 24.3 Å². The van der Waals surface area contributed by atoms with E-state index in [1.54, 1.807) is 0 Å². The lowest BCUT2D eigenvalue weighted by Crippen LogP contribution is -2.43. The van der Waals surface area contributed by atoms with Crippen molar-refractivity contribution in [3.63, 3.8) is 0 Å². The van der Waals surface area contributed by atoms with Crippen LogP contribution < -0.4 is 10.0 Å². The van der Waals surface area contributed by atoms with E-state index in [0.29, 0.717) is 24.1 Å². The summed E-state index contributed by atoms with van der Waals surface area (Å²) in [4.78, 5) is 12.2. The molecule has 0 unspecified atom stereocenters. The minimum atomic E-state index is -4.73. The molecule has 30 heavy (non-hydrogen) atoms. The summed E-state index contributed by atoms with van der Waals surface area (Å²) < 4.78 is 79.5. The van der Waals surface area contributed by atoms with Crippen LogP contribution in [0.15, 0.2) is 57.6 Å². The van der Waals surface area contributed by atoms with Crippen molar-refractivity contribution in [3.8, 4) is 0 Å². The zero-order valence-electron chi connectivity index (χ0n) is 15.1. The van der Waals surface area contributed by atoms with Crippen LogP contribution in [-0.2, 0) is 26.9 Å². The third-order valence-electron chi connectivity index (χ3n) is 4.92. The number of nitrogens with zero attached hydrogens (tertiary/aromatic N) is 2. The van der Waals surface area contributed by atoms with E-state index in [2.05, 4.69) is 15.5 Å². The third-order valence-corrected chi connectivity index (χ3v) is 6.28. The SMILES string of the molecule is O=C(NS(=O)(=O)c1ccc(C2(C(F)(F)F)N=N2)cc1)[C@H]1NCCc2cc(F)ccc21. The van der Waals surface area contributed by atoms with Gasteiger partial charge in [-0.05, 0) is 41.8 Å². The van der Waals surface area contributed by atoms with Crippen LogP contribution in [0.4, 0.5) is 17.6 Å². The molecule has 0 aromatic heterocycles. The summed E-state index contributed by atoms with van der Waals surface area (Å²) in [6.07, 6.45) is -4.26.